The van der Waals surface area contributed by atoms with Crippen LogP contribution >= 0.6 is 11.6 Å². The molecule has 1 fully saturated rings. The summed E-state index contributed by atoms with van der Waals surface area (Å²) in [7, 11) is 0. The number of amides is 2. The first kappa shape index (κ1) is 37.3. The molecule has 0 bridgehead atoms. The molecule has 2 heterocycles. The molecule has 4 unspecified atom stereocenters. The molecule has 0 radical (unpaired) electrons. The molecule has 52 heavy (non-hydrogen) atoms. The van der Waals surface area contributed by atoms with Gasteiger partial charge in [0.1, 0.15) is 22.5 Å². The molecule has 1 saturated carbocycles. The first-order chi connectivity index (χ1) is 24.9. The number of carbonyl (C=O) groups excluding carboxylic acids is 2. The molecule has 0 saturated heterocycles. The van der Waals surface area contributed by atoms with E-state index in [2.05, 4.69) is 128 Å². The van der Waals surface area contributed by atoms with Gasteiger partial charge in [-0.05, 0) is 76.5 Å². The topological polar surface area (TPSA) is 116 Å². The number of fused-ring (bicyclic) bond motifs is 1. The van der Waals surface area contributed by atoms with Crippen molar-refractivity contribution < 1.29 is 9.59 Å². The number of hydrogen-bond donors (Lipinski definition) is 4. The number of aryl methyl sites for hydroxylation is 2. The van der Waals surface area contributed by atoms with Gasteiger partial charge in [-0.15, -0.1) is 0 Å². The Labute approximate surface area is 313 Å². The maximum Gasteiger partial charge on any atom is 0.220 e. The van der Waals surface area contributed by atoms with Gasteiger partial charge < -0.3 is 20.6 Å². The highest BCUT2D eigenvalue weighted by Gasteiger charge is 2.46. The smallest absolute Gasteiger partial charge is 0.220 e. The molecule has 2 aromatic heterocycles. The Kier molecular flexibility index (Phi) is 11.8. The van der Waals surface area contributed by atoms with E-state index in [1.54, 1.807) is 0 Å². The standard InChI is InChI=1S/C43H53ClN6O2/c1-25(2)19-39(51)46-23-27(5)7-17-37-45-24-36(47-37)34-15-14-32-21-31(12-13-33(32)22-34)29-8-10-30(11-9-29)42-43(44)49-38(48-42)18-16-35-28(6)41(35)50-40(52)20-26(3)4/h8-15,21-22,24-28,35,41H,7,16-20,23H2,1-6H3,(H,45,47)(H,46,51)(H,48,49)(H,50,52). The van der Waals surface area contributed by atoms with E-state index in [-0.39, 0.29) is 17.9 Å². The van der Waals surface area contributed by atoms with Crippen LogP contribution in [0.5, 0.6) is 0 Å². The molecule has 6 rings (SSSR count). The number of halogens is 1. The van der Waals surface area contributed by atoms with Gasteiger partial charge >= 0.3 is 0 Å². The number of carbonyl (C=O) groups is 2. The van der Waals surface area contributed by atoms with E-state index < -0.39 is 0 Å². The van der Waals surface area contributed by atoms with Gasteiger partial charge in [-0.25, -0.2) is 9.97 Å². The number of hydrogen-bond acceptors (Lipinski definition) is 4. The molecule has 4 N–H and O–H groups in total. The molecule has 1 aliphatic carbocycles. The van der Waals surface area contributed by atoms with E-state index in [9.17, 15) is 9.59 Å². The highest BCUT2D eigenvalue weighted by molar-refractivity contribution is 6.31. The predicted octanol–water partition coefficient (Wildman–Crippen LogP) is 9.40. The van der Waals surface area contributed by atoms with Crippen molar-refractivity contribution in [2.45, 2.75) is 86.1 Å². The minimum absolute atomic E-state index is 0.128. The molecular weight excluding hydrogens is 668 g/mol. The minimum Gasteiger partial charge on any atom is -0.356 e. The lowest BCUT2D eigenvalue weighted by Crippen LogP contribution is -2.29. The van der Waals surface area contributed by atoms with E-state index in [0.717, 1.165) is 71.0 Å². The number of aromatic nitrogens is 4. The number of H-pyrrole nitrogens is 2. The highest BCUT2D eigenvalue weighted by Crippen LogP contribution is 2.42. The second-order valence-corrected chi connectivity index (χ2v) is 16.1. The van der Waals surface area contributed by atoms with Crippen molar-refractivity contribution in [3.05, 3.63) is 83.7 Å². The second kappa shape index (κ2) is 16.5. The fourth-order valence-electron chi connectivity index (χ4n) is 7.12. The van der Waals surface area contributed by atoms with Crippen LogP contribution in [0.1, 0.15) is 78.9 Å². The van der Waals surface area contributed by atoms with Crippen LogP contribution in [0.25, 0.3) is 44.4 Å². The summed E-state index contributed by atoms with van der Waals surface area (Å²) in [6.45, 7) is 13.3. The predicted molar refractivity (Wildman–Crippen MR) is 212 cm³/mol. The summed E-state index contributed by atoms with van der Waals surface area (Å²) in [6.07, 6.45) is 6.61. The fraction of sp³-hybridized carbons (Fsp3) is 0.442. The Hall–Kier alpha value is -4.43. The molecule has 8 nitrogen and oxygen atoms in total. The van der Waals surface area contributed by atoms with Crippen LogP contribution < -0.4 is 10.6 Å². The molecule has 2 amide bonds. The average Bonchev–Trinajstić information content (AvgIpc) is 3.42. The SMILES string of the molecule is CC(C)CC(=O)NCC(C)CCc1ncc(-c2ccc3cc(-c4ccc(-c5nc(CCC6C(C)C6NC(=O)CC(C)C)[nH]c5Cl)cc4)ccc3c2)[nH]1. The van der Waals surface area contributed by atoms with E-state index in [0.29, 0.717) is 54.1 Å². The third-order valence-electron chi connectivity index (χ3n) is 10.3. The molecule has 3 aromatic carbocycles. The van der Waals surface area contributed by atoms with Crippen molar-refractivity contribution >= 4 is 34.2 Å². The average molecular weight is 721 g/mol. The molecular formula is C43H53ClN6O2. The van der Waals surface area contributed by atoms with Crippen molar-refractivity contribution in [2.24, 2.45) is 29.6 Å². The van der Waals surface area contributed by atoms with Gasteiger partial charge in [-0.1, -0.05) is 102 Å². The zero-order valence-electron chi connectivity index (χ0n) is 31.4. The van der Waals surface area contributed by atoms with Crippen molar-refractivity contribution in [3.8, 4) is 33.6 Å². The molecule has 0 aliphatic heterocycles. The van der Waals surface area contributed by atoms with Gasteiger partial charge in [-0.3, -0.25) is 9.59 Å². The van der Waals surface area contributed by atoms with Crippen LogP contribution in [0.15, 0.2) is 66.9 Å². The van der Waals surface area contributed by atoms with Gasteiger partial charge in [0.05, 0.1) is 11.9 Å². The minimum atomic E-state index is 0.128. The zero-order valence-corrected chi connectivity index (χ0v) is 32.1. The number of aromatic amines is 2. The van der Waals surface area contributed by atoms with Crippen LogP contribution in [0.3, 0.4) is 0 Å². The second-order valence-electron chi connectivity index (χ2n) is 15.7. The summed E-state index contributed by atoms with van der Waals surface area (Å²) in [6, 6.07) is 21.7. The van der Waals surface area contributed by atoms with Gasteiger partial charge in [-0.2, -0.15) is 0 Å². The Balaban J connectivity index is 1.03. The Morgan fingerprint density at radius 2 is 1.42 bits per heavy atom. The number of benzene rings is 3. The Bertz CT molecular complexity index is 1990. The lowest BCUT2D eigenvalue weighted by molar-refractivity contribution is -0.122. The van der Waals surface area contributed by atoms with Gasteiger partial charge in [0.15, 0.2) is 0 Å². The van der Waals surface area contributed by atoms with Crippen LogP contribution in [-0.4, -0.2) is 44.3 Å². The molecule has 5 aromatic rings. The molecule has 1 aliphatic rings. The monoisotopic (exact) mass is 720 g/mol. The third-order valence-corrected chi connectivity index (χ3v) is 10.6. The molecule has 9 heteroatoms. The summed E-state index contributed by atoms with van der Waals surface area (Å²) < 4.78 is 0. The summed E-state index contributed by atoms with van der Waals surface area (Å²) >= 11 is 6.63. The van der Waals surface area contributed by atoms with Crippen LogP contribution in [-0.2, 0) is 22.4 Å². The van der Waals surface area contributed by atoms with Crippen LogP contribution in [0.4, 0.5) is 0 Å². The lowest BCUT2D eigenvalue weighted by atomic mass is 9.98. The number of nitrogens with one attached hydrogen (secondary N) is 4. The van der Waals surface area contributed by atoms with Gasteiger partial charge in [0, 0.05) is 49.4 Å². The zero-order chi connectivity index (χ0) is 36.9. The fourth-order valence-corrected chi connectivity index (χ4v) is 7.38. The quantitative estimate of drug-likeness (QED) is 0.0813. The van der Waals surface area contributed by atoms with Crippen molar-refractivity contribution in [1.82, 2.24) is 30.6 Å². The van der Waals surface area contributed by atoms with Crippen molar-refractivity contribution in [2.75, 3.05) is 6.54 Å². The molecule has 274 valence electrons. The number of nitrogens with zero attached hydrogens (tertiary/aromatic N) is 2. The molecule has 0 spiro atoms. The van der Waals surface area contributed by atoms with Gasteiger partial charge in [0.2, 0.25) is 11.8 Å². The lowest BCUT2D eigenvalue weighted by Gasteiger charge is -2.12. The maximum atomic E-state index is 12.2. The highest BCUT2D eigenvalue weighted by atomic mass is 35.5. The largest absolute Gasteiger partial charge is 0.356 e. The number of imidazole rings is 2. The summed E-state index contributed by atoms with van der Waals surface area (Å²) in [5.41, 5.74) is 6.12. The van der Waals surface area contributed by atoms with Crippen molar-refractivity contribution in [3.63, 3.8) is 0 Å². The first-order valence-electron chi connectivity index (χ1n) is 18.9. The van der Waals surface area contributed by atoms with E-state index in [4.69, 9.17) is 16.6 Å². The van der Waals surface area contributed by atoms with E-state index in [1.165, 1.54) is 10.8 Å². The summed E-state index contributed by atoms with van der Waals surface area (Å²) in [4.78, 5) is 40.5. The Morgan fingerprint density at radius 3 is 2.13 bits per heavy atom. The van der Waals surface area contributed by atoms with Gasteiger partial charge in [0.25, 0.3) is 0 Å². The molecule has 4 atom stereocenters. The van der Waals surface area contributed by atoms with E-state index >= 15 is 0 Å². The maximum absolute atomic E-state index is 12.2. The first-order valence-corrected chi connectivity index (χ1v) is 19.3. The summed E-state index contributed by atoms with van der Waals surface area (Å²) in [5.74, 6) is 4.20. The normalized spacial score (nSPS) is 17.5. The Morgan fingerprint density at radius 1 is 0.788 bits per heavy atom. The number of rotatable bonds is 16. The summed E-state index contributed by atoms with van der Waals surface area (Å²) in [5, 5.41) is 9.16. The van der Waals surface area contributed by atoms with Crippen LogP contribution in [0, 0.1) is 29.6 Å². The van der Waals surface area contributed by atoms with Crippen LogP contribution in [0.2, 0.25) is 5.15 Å². The van der Waals surface area contributed by atoms with E-state index in [1.807, 2.05) is 6.20 Å². The van der Waals surface area contributed by atoms with Crippen molar-refractivity contribution in [1.29, 1.82) is 0 Å². The third kappa shape index (κ3) is 9.51.